The second-order valence-electron chi connectivity index (χ2n) is 4.58. The summed E-state index contributed by atoms with van der Waals surface area (Å²) in [6, 6.07) is -1.56. The van der Waals surface area contributed by atoms with Crippen LogP contribution < -0.4 is 10.6 Å². The van der Waals surface area contributed by atoms with Crippen molar-refractivity contribution in [2.75, 3.05) is 0 Å². The first-order valence-electron chi connectivity index (χ1n) is 5.86. The normalized spacial score (nSPS) is 19.9. The molecule has 1 heterocycles. The lowest BCUT2D eigenvalue weighted by Crippen LogP contribution is -2.48. The van der Waals surface area contributed by atoms with E-state index in [1.165, 1.54) is 0 Å². The van der Waals surface area contributed by atoms with E-state index in [1.807, 2.05) is 13.8 Å². The first-order chi connectivity index (χ1) is 8.40. The minimum absolute atomic E-state index is 0.175. The summed E-state index contributed by atoms with van der Waals surface area (Å²) in [5.74, 6) is -1.69. The summed E-state index contributed by atoms with van der Waals surface area (Å²) in [5, 5.41) is 13.9. The van der Waals surface area contributed by atoms with E-state index in [0.29, 0.717) is 12.8 Å². The van der Waals surface area contributed by atoms with Gasteiger partial charge in [0.25, 0.3) is 0 Å². The second-order valence-corrected chi connectivity index (χ2v) is 4.58. The average molecular weight is 254 g/mol. The third-order valence-electron chi connectivity index (χ3n) is 2.69. The molecule has 1 aliphatic rings. The smallest absolute Gasteiger partial charge is 0.326 e. The van der Waals surface area contributed by atoms with Gasteiger partial charge in [-0.1, -0.05) is 11.6 Å². The molecule has 2 amide bonds. The third kappa shape index (κ3) is 4.20. The Balaban J connectivity index is 2.55. The van der Waals surface area contributed by atoms with Gasteiger partial charge in [-0.3, -0.25) is 9.59 Å². The topological polar surface area (TPSA) is 95.5 Å². The zero-order valence-corrected chi connectivity index (χ0v) is 10.5. The lowest BCUT2D eigenvalue weighted by molar-refractivity contribution is -0.142. The predicted molar refractivity (Wildman–Crippen MR) is 64.8 cm³/mol. The Morgan fingerprint density at radius 1 is 1.56 bits per heavy atom. The number of rotatable bonds is 5. The van der Waals surface area contributed by atoms with Gasteiger partial charge in [0, 0.05) is 6.42 Å². The third-order valence-corrected chi connectivity index (χ3v) is 2.69. The maximum Gasteiger partial charge on any atom is 0.326 e. The molecule has 2 atom stereocenters. The van der Waals surface area contributed by atoms with Gasteiger partial charge < -0.3 is 15.7 Å². The maximum atomic E-state index is 11.7. The monoisotopic (exact) mass is 254 g/mol. The largest absolute Gasteiger partial charge is 0.480 e. The second kappa shape index (κ2) is 6.18. The van der Waals surface area contributed by atoms with Crippen molar-refractivity contribution < 1.29 is 19.5 Å². The fourth-order valence-electron chi connectivity index (χ4n) is 1.66. The maximum absolute atomic E-state index is 11.7. The van der Waals surface area contributed by atoms with Gasteiger partial charge in [0.1, 0.15) is 12.1 Å². The molecule has 0 bridgehead atoms. The zero-order chi connectivity index (χ0) is 13.7. The van der Waals surface area contributed by atoms with Gasteiger partial charge in [-0.25, -0.2) is 4.79 Å². The van der Waals surface area contributed by atoms with Crippen LogP contribution in [0.15, 0.2) is 11.6 Å². The molecule has 6 heteroatoms. The SMILES string of the molecule is CC(C)=CC[C@@H](NC(=O)[C@H]1CCC(=O)N1)C(=O)O. The van der Waals surface area contributed by atoms with E-state index in [2.05, 4.69) is 10.6 Å². The highest BCUT2D eigenvalue weighted by Gasteiger charge is 2.29. The molecule has 0 saturated carbocycles. The minimum atomic E-state index is -1.08. The molecule has 6 nitrogen and oxygen atoms in total. The lowest BCUT2D eigenvalue weighted by atomic mass is 10.1. The molecular weight excluding hydrogens is 236 g/mol. The van der Waals surface area contributed by atoms with Crippen LogP contribution in [0.2, 0.25) is 0 Å². The molecule has 1 rings (SSSR count). The van der Waals surface area contributed by atoms with Crippen LogP contribution >= 0.6 is 0 Å². The van der Waals surface area contributed by atoms with E-state index in [4.69, 9.17) is 5.11 Å². The van der Waals surface area contributed by atoms with Crippen LogP contribution in [0.25, 0.3) is 0 Å². The van der Waals surface area contributed by atoms with E-state index >= 15 is 0 Å². The number of hydrogen-bond donors (Lipinski definition) is 3. The van der Waals surface area contributed by atoms with Crippen molar-refractivity contribution in [3.63, 3.8) is 0 Å². The van der Waals surface area contributed by atoms with E-state index in [1.54, 1.807) is 6.08 Å². The number of carbonyl (C=O) groups is 3. The molecule has 1 saturated heterocycles. The van der Waals surface area contributed by atoms with E-state index in [0.717, 1.165) is 5.57 Å². The number of aliphatic carboxylic acids is 1. The molecule has 0 spiro atoms. The number of nitrogens with one attached hydrogen (secondary N) is 2. The number of carboxylic acids is 1. The molecule has 0 radical (unpaired) electrons. The molecule has 18 heavy (non-hydrogen) atoms. The van der Waals surface area contributed by atoms with Crippen LogP contribution in [0, 0.1) is 0 Å². The van der Waals surface area contributed by atoms with Gasteiger partial charge in [0.05, 0.1) is 0 Å². The molecule has 0 aromatic rings. The first-order valence-corrected chi connectivity index (χ1v) is 5.86. The molecule has 1 aliphatic heterocycles. The molecule has 0 aromatic heterocycles. The van der Waals surface area contributed by atoms with Gasteiger partial charge in [0.15, 0.2) is 0 Å². The van der Waals surface area contributed by atoms with Crippen molar-refractivity contribution >= 4 is 17.8 Å². The van der Waals surface area contributed by atoms with Gasteiger partial charge in [-0.2, -0.15) is 0 Å². The molecule has 0 aliphatic carbocycles. The van der Waals surface area contributed by atoms with Crippen molar-refractivity contribution in [2.45, 2.75) is 45.2 Å². The summed E-state index contributed by atoms with van der Waals surface area (Å²) in [6.45, 7) is 3.72. The van der Waals surface area contributed by atoms with Crippen LogP contribution in [0.5, 0.6) is 0 Å². The van der Waals surface area contributed by atoms with Crippen molar-refractivity contribution in [1.82, 2.24) is 10.6 Å². The van der Waals surface area contributed by atoms with Gasteiger partial charge >= 0.3 is 5.97 Å². The number of amides is 2. The molecule has 100 valence electrons. The Morgan fingerprint density at radius 2 is 2.22 bits per heavy atom. The lowest BCUT2D eigenvalue weighted by Gasteiger charge is -2.16. The summed E-state index contributed by atoms with van der Waals surface area (Å²) in [4.78, 5) is 33.7. The molecular formula is C12H18N2O4. The van der Waals surface area contributed by atoms with Crippen LogP contribution in [0.4, 0.5) is 0 Å². The van der Waals surface area contributed by atoms with Crippen molar-refractivity contribution in [3.05, 3.63) is 11.6 Å². The van der Waals surface area contributed by atoms with Crippen molar-refractivity contribution in [1.29, 1.82) is 0 Å². The van der Waals surface area contributed by atoms with E-state index in [9.17, 15) is 14.4 Å². The van der Waals surface area contributed by atoms with E-state index in [-0.39, 0.29) is 12.3 Å². The van der Waals surface area contributed by atoms with Crippen LogP contribution in [0.1, 0.15) is 33.1 Å². The standard InChI is InChI=1S/C12H18N2O4/c1-7(2)3-4-9(12(17)18)14-11(16)8-5-6-10(15)13-8/h3,8-9H,4-6H2,1-2H3,(H,13,15)(H,14,16)(H,17,18)/t8-,9-/m1/s1. The van der Waals surface area contributed by atoms with Crippen molar-refractivity contribution in [2.24, 2.45) is 0 Å². The summed E-state index contributed by atoms with van der Waals surface area (Å²) in [6.07, 6.45) is 2.72. The molecule has 3 N–H and O–H groups in total. The quantitative estimate of drug-likeness (QED) is 0.610. The molecule has 0 unspecified atom stereocenters. The Labute approximate surface area is 105 Å². The molecule has 0 aromatic carbocycles. The predicted octanol–water partition coefficient (Wildman–Crippen LogP) is 0.191. The van der Waals surface area contributed by atoms with E-state index < -0.39 is 24.0 Å². The van der Waals surface area contributed by atoms with Crippen LogP contribution in [-0.2, 0) is 14.4 Å². The number of hydrogen-bond acceptors (Lipinski definition) is 3. The Morgan fingerprint density at radius 3 is 2.67 bits per heavy atom. The highest BCUT2D eigenvalue weighted by Crippen LogP contribution is 2.07. The van der Waals surface area contributed by atoms with Crippen molar-refractivity contribution in [3.8, 4) is 0 Å². The van der Waals surface area contributed by atoms with Gasteiger partial charge in [-0.15, -0.1) is 0 Å². The van der Waals surface area contributed by atoms with Crippen LogP contribution in [-0.4, -0.2) is 35.0 Å². The Hall–Kier alpha value is -1.85. The van der Waals surface area contributed by atoms with Gasteiger partial charge in [0.2, 0.25) is 11.8 Å². The van der Waals surface area contributed by atoms with Crippen LogP contribution in [0.3, 0.4) is 0 Å². The first kappa shape index (κ1) is 14.2. The highest BCUT2D eigenvalue weighted by molar-refractivity contribution is 5.92. The fourth-order valence-corrected chi connectivity index (χ4v) is 1.66. The zero-order valence-electron chi connectivity index (χ0n) is 10.5. The minimum Gasteiger partial charge on any atom is -0.480 e. The van der Waals surface area contributed by atoms with Gasteiger partial charge in [-0.05, 0) is 26.7 Å². The molecule has 1 fully saturated rings. The fraction of sp³-hybridized carbons (Fsp3) is 0.583. The summed E-state index contributed by atoms with van der Waals surface area (Å²) < 4.78 is 0. The summed E-state index contributed by atoms with van der Waals surface area (Å²) in [7, 11) is 0. The number of carbonyl (C=O) groups excluding carboxylic acids is 2. The summed E-state index contributed by atoms with van der Waals surface area (Å²) in [5.41, 5.74) is 0.990. The number of allylic oxidation sites excluding steroid dienone is 1. The average Bonchev–Trinajstić information content (AvgIpc) is 2.70. The highest BCUT2D eigenvalue weighted by atomic mass is 16.4. The Bertz CT molecular complexity index is 386. The number of carboxylic acid groups (broad SMARTS) is 1. The Kier molecular flexibility index (Phi) is 4.88. The summed E-state index contributed by atoms with van der Waals surface area (Å²) >= 11 is 0.